The first-order chi connectivity index (χ1) is 12.1. The van der Waals surface area contributed by atoms with Crippen LogP contribution in [-0.2, 0) is 21.9 Å². The number of nitrogens with one attached hydrogen (secondary N) is 1. The molecular weight excluding hydrogens is 342 g/mol. The lowest BCUT2D eigenvalue weighted by Gasteiger charge is -2.22. The van der Waals surface area contributed by atoms with Gasteiger partial charge in [-0.05, 0) is 42.4 Å². The van der Waals surface area contributed by atoms with Crippen LogP contribution in [-0.4, -0.2) is 20.2 Å². The minimum absolute atomic E-state index is 0.0972. The van der Waals surface area contributed by atoms with Crippen LogP contribution in [0, 0.1) is 0 Å². The van der Waals surface area contributed by atoms with Crippen LogP contribution in [0.1, 0.15) is 57.2 Å². The van der Waals surface area contributed by atoms with Gasteiger partial charge in [-0.15, -0.1) is 0 Å². The normalized spacial score (nSPS) is 13.8. The van der Waals surface area contributed by atoms with Crippen LogP contribution in [0.2, 0.25) is 0 Å². The molecule has 2 rings (SSSR count). The fourth-order valence-corrected chi connectivity index (χ4v) is 3.61. The van der Waals surface area contributed by atoms with E-state index in [9.17, 15) is 8.42 Å². The summed E-state index contributed by atoms with van der Waals surface area (Å²) in [5, 5.41) is -0.428. The van der Waals surface area contributed by atoms with Gasteiger partial charge in [0.1, 0.15) is 0 Å². The number of benzene rings is 2. The fraction of sp³-hybridized carbons (Fsp3) is 0.455. The molecule has 0 amide bonds. The fourth-order valence-electron chi connectivity index (χ4n) is 2.85. The van der Waals surface area contributed by atoms with Crippen molar-refractivity contribution in [2.45, 2.75) is 57.6 Å². The number of hydrogen-bond acceptors (Lipinski definition) is 2. The van der Waals surface area contributed by atoms with Gasteiger partial charge in [0, 0.05) is 12.5 Å². The molecule has 0 spiro atoms. The Morgan fingerprint density at radius 1 is 0.923 bits per heavy atom. The van der Waals surface area contributed by atoms with Gasteiger partial charge in [-0.3, -0.25) is 0 Å². The predicted octanol–water partition coefficient (Wildman–Crippen LogP) is 4.64. The zero-order valence-corrected chi connectivity index (χ0v) is 17.3. The van der Waals surface area contributed by atoms with Crippen molar-refractivity contribution in [3.05, 3.63) is 71.3 Å². The third kappa shape index (κ3) is 5.68. The second kappa shape index (κ2) is 8.36. The quantitative estimate of drug-likeness (QED) is 0.768. The molecule has 0 aliphatic rings. The Labute approximate surface area is 158 Å². The Morgan fingerprint density at radius 2 is 1.50 bits per heavy atom. The molecule has 1 atom stereocenters. The van der Waals surface area contributed by atoms with Crippen LogP contribution in [0.5, 0.6) is 0 Å². The Morgan fingerprint density at radius 3 is 2.00 bits per heavy atom. The third-order valence-electron chi connectivity index (χ3n) is 4.72. The summed E-state index contributed by atoms with van der Waals surface area (Å²) < 4.78 is 27.2. The maximum Gasteiger partial charge on any atom is 0.213 e. The highest BCUT2D eigenvalue weighted by molar-refractivity contribution is 7.90. The van der Waals surface area contributed by atoms with Gasteiger partial charge in [-0.25, -0.2) is 13.1 Å². The molecule has 0 fully saturated rings. The van der Waals surface area contributed by atoms with E-state index in [0.29, 0.717) is 6.54 Å². The van der Waals surface area contributed by atoms with Crippen molar-refractivity contribution in [3.63, 3.8) is 0 Å². The summed E-state index contributed by atoms with van der Waals surface area (Å²) in [5.41, 5.74) is 3.75. The molecule has 0 saturated carbocycles. The van der Waals surface area contributed by atoms with E-state index in [1.807, 2.05) is 18.2 Å². The molecule has 4 heteroatoms. The molecule has 2 aromatic rings. The van der Waals surface area contributed by atoms with Crippen molar-refractivity contribution < 1.29 is 8.42 Å². The SMILES string of the molecule is CC(C)S(=O)(=O)NCC(Cc1ccccc1)c1ccc(C(C)(C)C)cc1. The van der Waals surface area contributed by atoms with Crippen molar-refractivity contribution in [2.75, 3.05) is 6.54 Å². The van der Waals surface area contributed by atoms with Crippen LogP contribution in [0.25, 0.3) is 0 Å². The molecule has 26 heavy (non-hydrogen) atoms. The van der Waals surface area contributed by atoms with E-state index in [1.54, 1.807) is 13.8 Å². The van der Waals surface area contributed by atoms with Gasteiger partial charge in [0.05, 0.1) is 5.25 Å². The van der Waals surface area contributed by atoms with Crippen molar-refractivity contribution in [2.24, 2.45) is 0 Å². The molecule has 0 aromatic heterocycles. The van der Waals surface area contributed by atoms with Crippen LogP contribution in [0.15, 0.2) is 54.6 Å². The average molecular weight is 374 g/mol. The summed E-state index contributed by atoms with van der Waals surface area (Å²) in [5.74, 6) is 0.0972. The van der Waals surface area contributed by atoms with Gasteiger partial charge in [0.15, 0.2) is 0 Å². The maximum atomic E-state index is 12.2. The molecule has 0 bridgehead atoms. The predicted molar refractivity (Wildman–Crippen MR) is 110 cm³/mol. The zero-order valence-electron chi connectivity index (χ0n) is 16.5. The average Bonchev–Trinajstić information content (AvgIpc) is 2.59. The second-order valence-corrected chi connectivity index (χ2v) is 10.5. The van der Waals surface area contributed by atoms with E-state index in [2.05, 4.69) is 61.9 Å². The van der Waals surface area contributed by atoms with Crippen LogP contribution < -0.4 is 4.72 Å². The molecule has 0 radical (unpaired) electrons. The lowest BCUT2D eigenvalue weighted by Crippen LogP contribution is -2.34. The summed E-state index contributed by atoms with van der Waals surface area (Å²) in [6.07, 6.45) is 0.802. The van der Waals surface area contributed by atoms with Gasteiger partial charge in [0.2, 0.25) is 10.0 Å². The van der Waals surface area contributed by atoms with Crippen molar-refractivity contribution in [1.29, 1.82) is 0 Å². The monoisotopic (exact) mass is 373 g/mol. The van der Waals surface area contributed by atoms with Crippen molar-refractivity contribution >= 4 is 10.0 Å². The molecular formula is C22H31NO2S. The highest BCUT2D eigenvalue weighted by atomic mass is 32.2. The summed E-state index contributed by atoms with van der Waals surface area (Å²) in [6.45, 7) is 10.4. The molecule has 142 valence electrons. The highest BCUT2D eigenvalue weighted by Crippen LogP contribution is 2.26. The minimum atomic E-state index is -3.27. The van der Waals surface area contributed by atoms with Gasteiger partial charge in [0.25, 0.3) is 0 Å². The standard InChI is InChI=1S/C22H31NO2S/c1-17(2)26(24,25)23-16-20(15-18-9-7-6-8-10-18)19-11-13-21(14-12-19)22(3,4)5/h6-14,17,20,23H,15-16H2,1-5H3. The lowest BCUT2D eigenvalue weighted by molar-refractivity contribution is 0.560. The number of rotatable bonds is 7. The Hall–Kier alpha value is -1.65. The second-order valence-electron chi connectivity index (χ2n) is 8.20. The van der Waals surface area contributed by atoms with Gasteiger partial charge in [-0.1, -0.05) is 75.4 Å². The van der Waals surface area contributed by atoms with Crippen LogP contribution in [0.3, 0.4) is 0 Å². The lowest BCUT2D eigenvalue weighted by atomic mass is 9.84. The molecule has 2 aromatic carbocycles. The molecule has 0 aliphatic carbocycles. The molecule has 0 aliphatic heterocycles. The molecule has 0 heterocycles. The summed E-state index contributed by atoms with van der Waals surface area (Å²) >= 11 is 0. The molecule has 1 unspecified atom stereocenters. The first kappa shape index (κ1) is 20.7. The van der Waals surface area contributed by atoms with Gasteiger partial charge in [-0.2, -0.15) is 0 Å². The third-order valence-corrected chi connectivity index (χ3v) is 6.53. The number of sulfonamides is 1. The van der Waals surface area contributed by atoms with Crippen LogP contribution >= 0.6 is 0 Å². The summed E-state index contributed by atoms with van der Waals surface area (Å²) in [6, 6.07) is 18.8. The summed E-state index contributed by atoms with van der Waals surface area (Å²) in [7, 11) is -3.27. The van der Waals surface area contributed by atoms with E-state index in [0.717, 1.165) is 12.0 Å². The van der Waals surface area contributed by atoms with Crippen molar-refractivity contribution in [3.8, 4) is 0 Å². The first-order valence-corrected chi connectivity index (χ1v) is 10.8. The Kier molecular flexibility index (Phi) is 6.64. The van der Waals surface area contributed by atoms with Gasteiger partial charge >= 0.3 is 0 Å². The Bertz CT molecular complexity index is 788. The smallest absolute Gasteiger partial charge is 0.213 e. The van der Waals surface area contributed by atoms with Crippen molar-refractivity contribution in [1.82, 2.24) is 4.72 Å². The molecule has 0 saturated heterocycles. The topological polar surface area (TPSA) is 46.2 Å². The Balaban J connectivity index is 2.25. The van der Waals surface area contributed by atoms with E-state index in [4.69, 9.17) is 0 Å². The first-order valence-electron chi connectivity index (χ1n) is 9.22. The largest absolute Gasteiger partial charge is 0.214 e. The molecule has 3 nitrogen and oxygen atoms in total. The van der Waals surface area contributed by atoms with E-state index in [1.165, 1.54) is 11.1 Å². The van der Waals surface area contributed by atoms with Gasteiger partial charge < -0.3 is 0 Å². The number of hydrogen-bond donors (Lipinski definition) is 1. The zero-order chi connectivity index (χ0) is 19.4. The minimum Gasteiger partial charge on any atom is -0.214 e. The molecule has 1 N–H and O–H groups in total. The highest BCUT2D eigenvalue weighted by Gasteiger charge is 2.20. The van der Waals surface area contributed by atoms with Crippen LogP contribution in [0.4, 0.5) is 0 Å². The van der Waals surface area contributed by atoms with E-state index >= 15 is 0 Å². The summed E-state index contributed by atoms with van der Waals surface area (Å²) in [4.78, 5) is 0. The van der Waals surface area contributed by atoms with E-state index < -0.39 is 15.3 Å². The van der Waals surface area contributed by atoms with E-state index in [-0.39, 0.29) is 11.3 Å². The maximum absolute atomic E-state index is 12.2.